The molecule has 0 spiro atoms. The second kappa shape index (κ2) is 31.6. The largest absolute Gasteiger partial charge is 0.472 e. The quantitative estimate of drug-likeness (QED) is 0.0166. The van der Waals surface area contributed by atoms with Crippen molar-refractivity contribution in [1.82, 2.24) is 0 Å². The van der Waals surface area contributed by atoms with Crippen molar-refractivity contribution in [2.45, 2.75) is 217 Å². The molecule has 0 heterocycles. The van der Waals surface area contributed by atoms with Crippen LogP contribution in [0.5, 0.6) is 0 Å². The number of rotatable bonds is 34. The zero-order chi connectivity index (χ0) is 40.0. The molecule has 0 aromatic rings. The third-order valence-corrected chi connectivity index (χ3v) is 10.8. The zero-order valence-corrected chi connectivity index (χ0v) is 34.2. The van der Waals surface area contributed by atoms with E-state index in [0.29, 0.717) is 12.8 Å². The first-order chi connectivity index (χ1) is 25.9. The Bertz CT molecular complexity index is 1010. The Balaban J connectivity index is 2.51. The van der Waals surface area contributed by atoms with Gasteiger partial charge in [0.15, 0.2) is 6.10 Å². The lowest BCUT2D eigenvalue weighted by Crippen LogP contribution is -2.64. The van der Waals surface area contributed by atoms with Crippen molar-refractivity contribution in [1.29, 1.82) is 0 Å². The minimum Gasteiger partial charge on any atom is -0.462 e. The highest BCUT2D eigenvalue weighted by Crippen LogP contribution is 2.47. The SMILES string of the molecule is CCCCCCCC/C=C\CCCCCCCC(=O)OC(COC(=O)CCCCCCCCCCCC)COP(=O)(O)OC1C(O)C(O)C(O)C(O)C1O. The second-order valence-corrected chi connectivity index (χ2v) is 16.3. The van der Waals surface area contributed by atoms with Gasteiger partial charge in [0.05, 0.1) is 6.61 Å². The van der Waals surface area contributed by atoms with E-state index in [1.807, 2.05) is 0 Å². The van der Waals surface area contributed by atoms with Crippen LogP contribution in [-0.2, 0) is 32.7 Å². The molecule has 1 saturated carbocycles. The van der Waals surface area contributed by atoms with E-state index < -0.39 is 75.7 Å². The van der Waals surface area contributed by atoms with Gasteiger partial charge in [-0.15, -0.1) is 0 Å². The number of hydrogen-bond donors (Lipinski definition) is 6. The molecule has 6 atom stereocenters. The maximum absolute atomic E-state index is 12.8. The number of aliphatic hydroxyl groups excluding tert-OH is 5. The number of hydrogen-bond acceptors (Lipinski definition) is 12. The van der Waals surface area contributed by atoms with Crippen LogP contribution >= 0.6 is 7.82 Å². The third-order valence-electron chi connectivity index (χ3n) is 9.86. The van der Waals surface area contributed by atoms with Crippen LogP contribution in [0, 0.1) is 0 Å². The van der Waals surface area contributed by atoms with Crippen LogP contribution in [0.1, 0.15) is 174 Å². The van der Waals surface area contributed by atoms with Crippen molar-refractivity contribution in [3.05, 3.63) is 12.2 Å². The molecule has 0 bridgehead atoms. The van der Waals surface area contributed by atoms with Gasteiger partial charge in [0.1, 0.15) is 43.2 Å². The van der Waals surface area contributed by atoms with Gasteiger partial charge in [0, 0.05) is 12.8 Å². The Morgan fingerprint density at radius 2 is 0.944 bits per heavy atom. The monoisotopic (exact) mass is 794 g/mol. The fraction of sp³-hybridized carbons (Fsp3) is 0.900. The number of aliphatic hydroxyl groups is 5. The van der Waals surface area contributed by atoms with Gasteiger partial charge >= 0.3 is 19.8 Å². The lowest BCUT2D eigenvalue weighted by molar-refractivity contribution is -0.220. The Hall–Kier alpha value is -1.41. The molecule has 0 amide bonds. The molecular weight excluding hydrogens is 719 g/mol. The van der Waals surface area contributed by atoms with Gasteiger partial charge in [-0.3, -0.25) is 18.6 Å². The summed E-state index contributed by atoms with van der Waals surface area (Å²) in [6, 6.07) is 0. The van der Waals surface area contributed by atoms with Crippen LogP contribution in [-0.4, -0.2) is 98.3 Å². The number of allylic oxidation sites excluding steroid dienone is 2. The molecule has 1 aliphatic carbocycles. The average molecular weight is 795 g/mol. The lowest BCUT2D eigenvalue weighted by Gasteiger charge is -2.41. The maximum atomic E-state index is 12.8. The zero-order valence-electron chi connectivity index (χ0n) is 33.3. The van der Waals surface area contributed by atoms with Gasteiger partial charge in [-0.2, -0.15) is 0 Å². The van der Waals surface area contributed by atoms with E-state index in [1.54, 1.807) is 0 Å². The van der Waals surface area contributed by atoms with E-state index in [2.05, 4.69) is 26.0 Å². The van der Waals surface area contributed by atoms with Crippen molar-refractivity contribution >= 4 is 19.8 Å². The summed E-state index contributed by atoms with van der Waals surface area (Å²) in [4.78, 5) is 35.5. The predicted molar refractivity (Wildman–Crippen MR) is 207 cm³/mol. The molecule has 0 aromatic heterocycles. The van der Waals surface area contributed by atoms with E-state index in [-0.39, 0.29) is 12.8 Å². The molecule has 6 N–H and O–H groups in total. The van der Waals surface area contributed by atoms with Gasteiger partial charge in [-0.05, 0) is 38.5 Å². The first-order valence-electron chi connectivity index (χ1n) is 21.0. The highest BCUT2D eigenvalue weighted by Gasteiger charge is 2.51. The number of esters is 2. The van der Waals surface area contributed by atoms with Crippen molar-refractivity contribution in [3.8, 4) is 0 Å². The standard InChI is InChI=1S/C40H75O13P/c1-3-5-7-9-11-13-15-16-17-18-19-21-23-25-27-29-34(42)52-32(30-50-33(41)28-26-24-22-20-14-12-10-8-6-4-2)31-51-54(48,49)53-40-38(46)36(44)35(43)37(45)39(40)47/h16-17,32,35-40,43-47H,3-15,18-31H2,1-2H3,(H,48,49)/b17-16-. The Kier molecular flexibility index (Phi) is 29.7. The van der Waals surface area contributed by atoms with E-state index in [0.717, 1.165) is 57.8 Å². The van der Waals surface area contributed by atoms with E-state index in [4.69, 9.17) is 18.5 Å². The van der Waals surface area contributed by atoms with E-state index in [9.17, 15) is 44.6 Å². The summed E-state index contributed by atoms with van der Waals surface area (Å²) in [7, 11) is -5.11. The topological polar surface area (TPSA) is 210 Å². The summed E-state index contributed by atoms with van der Waals surface area (Å²) >= 11 is 0. The Morgan fingerprint density at radius 3 is 1.41 bits per heavy atom. The summed E-state index contributed by atoms with van der Waals surface area (Å²) in [5, 5.41) is 50.0. The minimum atomic E-state index is -5.11. The average Bonchev–Trinajstić information content (AvgIpc) is 3.15. The molecule has 14 heteroatoms. The molecule has 318 valence electrons. The summed E-state index contributed by atoms with van der Waals surface area (Å²) in [5.41, 5.74) is 0. The molecule has 1 fully saturated rings. The minimum absolute atomic E-state index is 0.0903. The smallest absolute Gasteiger partial charge is 0.462 e. The highest BCUT2D eigenvalue weighted by atomic mass is 31.2. The fourth-order valence-electron chi connectivity index (χ4n) is 6.40. The molecule has 13 nitrogen and oxygen atoms in total. The maximum Gasteiger partial charge on any atom is 0.472 e. The second-order valence-electron chi connectivity index (χ2n) is 14.8. The number of phosphoric ester groups is 1. The molecular formula is C40H75O13P. The molecule has 1 rings (SSSR count). The van der Waals surface area contributed by atoms with Crippen molar-refractivity contribution in [2.24, 2.45) is 0 Å². The number of phosphoric acid groups is 1. The van der Waals surface area contributed by atoms with Gasteiger partial charge in [-0.1, -0.05) is 135 Å². The normalized spacial score (nSPS) is 23.3. The van der Waals surface area contributed by atoms with Crippen LogP contribution in [0.4, 0.5) is 0 Å². The van der Waals surface area contributed by atoms with Crippen LogP contribution < -0.4 is 0 Å². The molecule has 54 heavy (non-hydrogen) atoms. The van der Waals surface area contributed by atoms with Crippen molar-refractivity contribution in [2.75, 3.05) is 13.2 Å². The Morgan fingerprint density at radius 1 is 0.556 bits per heavy atom. The molecule has 0 saturated heterocycles. The molecule has 0 radical (unpaired) electrons. The number of carbonyl (C=O) groups is 2. The van der Waals surface area contributed by atoms with Crippen LogP contribution in [0.25, 0.3) is 0 Å². The summed E-state index contributed by atoms with van der Waals surface area (Å²) in [6.45, 7) is 3.25. The number of carbonyl (C=O) groups excluding carboxylic acids is 2. The van der Waals surface area contributed by atoms with Gasteiger partial charge in [0.25, 0.3) is 0 Å². The van der Waals surface area contributed by atoms with Gasteiger partial charge < -0.3 is 39.9 Å². The van der Waals surface area contributed by atoms with Crippen LogP contribution in [0.2, 0.25) is 0 Å². The first-order valence-corrected chi connectivity index (χ1v) is 22.5. The van der Waals surface area contributed by atoms with Crippen molar-refractivity contribution in [3.63, 3.8) is 0 Å². The number of unbranched alkanes of at least 4 members (excludes halogenated alkanes) is 20. The third kappa shape index (κ3) is 24.3. The van der Waals surface area contributed by atoms with Crippen molar-refractivity contribution < 1.29 is 63.1 Å². The van der Waals surface area contributed by atoms with Gasteiger partial charge in [0.2, 0.25) is 0 Å². The highest BCUT2D eigenvalue weighted by molar-refractivity contribution is 7.47. The molecule has 6 unspecified atom stereocenters. The Labute approximate surface area is 324 Å². The summed E-state index contributed by atoms with van der Waals surface area (Å²) in [5.74, 6) is -1.11. The molecule has 1 aliphatic rings. The predicted octanol–water partition coefficient (Wildman–Crippen LogP) is 7.11. The molecule has 0 aromatic carbocycles. The number of ether oxygens (including phenoxy) is 2. The summed E-state index contributed by atoms with van der Waals surface area (Å²) < 4.78 is 33.4. The van der Waals surface area contributed by atoms with Gasteiger partial charge in [-0.25, -0.2) is 4.57 Å². The van der Waals surface area contributed by atoms with Crippen LogP contribution in [0.3, 0.4) is 0 Å². The lowest BCUT2D eigenvalue weighted by atomic mass is 9.85. The van der Waals surface area contributed by atoms with E-state index in [1.165, 1.54) is 77.0 Å². The van der Waals surface area contributed by atoms with E-state index >= 15 is 0 Å². The summed E-state index contributed by atoms with van der Waals surface area (Å²) in [6.07, 6.45) is 17.1. The first kappa shape index (κ1) is 50.6. The fourth-order valence-corrected chi connectivity index (χ4v) is 7.37. The molecule has 0 aliphatic heterocycles. The van der Waals surface area contributed by atoms with Crippen LogP contribution in [0.15, 0.2) is 12.2 Å².